The van der Waals surface area contributed by atoms with E-state index in [0.717, 1.165) is 12.3 Å². The number of ether oxygens (including phenoxy) is 2. The van der Waals surface area contributed by atoms with E-state index in [1.807, 2.05) is 6.92 Å². The molecule has 0 aliphatic carbocycles. The molecule has 2 aliphatic rings. The summed E-state index contributed by atoms with van der Waals surface area (Å²) >= 11 is 0. The Morgan fingerprint density at radius 3 is 2.34 bits per heavy atom. The van der Waals surface area contributed by atoms with Gasteiger partial charge in [0.1, 0.15) is 17.2 Å². The standard InChI is InChI=1S/C27H34F4N4O5S/c1-14-10-15(2)22(28)20(21(14)27(29,30)31)19-11-18-17(13-39-19)23(33-24(32-18)41(7,37)38)34-8-9-35(16(3)12-34)25(36)40-26(4,5)6/h10,16,19H,8-9,11-13H2,1-7H3/t16-,19?/m0/s1. The van der Waals surface area contributed by atoms with Crippen molar-refractivity contribution in [3.8, 4) is 0 Å². The lowest BCUT2D eigenvalue weighted by Gasteiger charge is -2.41. The van der Waals surface area contributed by atoms with E-state index in [-0.39, 0.29) is 61.3 Å². The molecule has 0 N–H and O–H groups in total. The van der Waals surface area contributed by atoms with Crippen molar-refractivity contribution in [2.75, 3.05) is 30.8 Å². The summed E-state index contributed by atoms with van der Waals surface area (Å²) in [7, 11) is -3.92. The Morgan fingerprint density at radius 1 is 1.12 bits per heavy atom. The number of amides is 1. The van der Waals surface area contributed by atoms with Crippen molar-refractivity contribution in [2.45, 2.75) is 83.6 Å². The summed E-state index contributed by atoms with van der Waals surface area (Å²) in [6.07, 6.45) is -6.02. The maximum Gasteiger partial charge on any atom is 0.417 e. The number of carbonyl (C=O) groups excluding carboxylic acids is 1. The third-order valence-electron chi connectivity index (χ3n) is 7.03. The quantitative estimate of drug-likeness (QED) is 0.361. The van der Waals surface area contributed by atoms with Crippen LogP contribution in [0.15, 0.2) is 11.2 Å². The predicted octanol–water partition coefficient (Wildman–Crippen LogP) is 4.91. The van der Waals surface area contributed by atoms with Crippen molar-refractivity contribution in [3.05, 3.63) is 45.4 Å². The Bertz CT molecular complexity index is 1470. The van der Waals surface area contributed by atoms with Crippen LogP contribution in [-0.4, -0.2) is 66.9 Å². The molecule has 0 bridgehead atoms. The second kappa shape index (κ2) is 10.7. The third kappa shape index (κ3) is 6.42. The molecule has 2 aromatic rings. The molecule has 1 saturated heterocycles. The number of anilines is 1. The van der Waals surface area contributed by atoms with E-state index in [1.165, 1.54) is 13.8 Å². The molecule has 1 aromatic heterocycles. The Labute approximate surface area is 236 Å². The number of hydrogen-bond acceptors (Lipinski definition) is 8. The first kappa shape index (κ1) is 30.9. The predicted molar refractivity (Wildman–Crippen MR) is 142 cm³/mol. The highest BCUT2D eigenvalue weighted by Gasteiger charge is 2.42. The van der Waals surface area contributed by atoms with E-state index in [9.17, 15) is 26.4 Å². The lowest BCUT2D eigenvalue weighted by molar-refractivity contribution is -0.140. The monoisotopic (exact) mass is 602 g/mol. The van der Waals surface area contributed by atoms with E-state index in [1.54, 1.807) is 30.6 Å². The van der Waals surface area contributed by atoms with Gasteiger partial charge in [0.15, 0.2) is 0 Å². The second-order valence-corrected chi connectivity index (χ2v) is 13.5. The number of carbonyl (C=O) groups is 1. The number of fused-ring (bicyclic) bond motifs is 1. The van der Waals surface area contributed by atoms with Gasteiger partial charge in [-0.25, -0.2) is 27.6 Å². The SMILES string of the molecule is Cc1cc(C)c(C(F)(F)F)c(C2Cc3nc(S(C)(=O)=O)nc(N4CCN(C(=O)OC(C)(C)C)[C@@H](C)C4)c3CO2)c1F. The van der Waals surface area contributed by atoms with E-state index >= 15 is 4.39 Å². The van der Waals surface area contributed by atoms with Gasteiger partial charge in [0, 0.05) is 49.5 Å². The Morgan fingerprint density at radius 2 is 1.78 bits per heavy atom. The third-order valence-corrected chi connectivity index (χ3v) is 7.88. The molecule has 4 rings (SSSR count). The van der Waals surface area contributed by atoms with Crippen molar-refractivity contribution < 1.29 is 40.2 Å². The molecule has 14 heteroatoms. The van der Waals surface area contributed by atoms with Gasteiger partial charge < -0.3 is 19.3 Å². The minimum atomic E-state index is -4.84. The summed E-state index contributed by atoms with van der Waals surface area (Å²) < 4.78 is 93.8. The lowest BCUT2D eigenvalue weighted by atomic mass is 9.90. The highest BCUT2D eigenvalue weighted by molar-refractivity contribution is 7.90. The smallest absolute Gasteiger partial charge is 0.417 e. The van der Waals surface area contributed by atoms with E-state index in [2.05, 4.69) is 9.97 Å². The summed E-state index contributed by atoms with van der Waals surface area (Å²) in [5, 5.41) is -0.494. The zero-order valence-electron chi connectivity index (χ0n) is 24.0. The fourth-order valence-corrected chi connectivity index (χ4v) is 5.79. The van der Waals surface area contributed by atoms with Crippen LogP contribution in [0, 0.1) is 19.7 Å². The first-order valence-corrected chi connectivity index (χ1v) is 15.0. The first-order chi connectivity index (χ1) is 18.8. The number of aryl methyl sites for hydroxylation is 2. The zero-order valence-corrected chi connectivity index (χ0v) is 24.8. The Hall–Kier alpha value is -3.00. The first-order valence-electron chi connectivity index (χ1n) is 13.1. The number of rotatable bonds is 3. The summed E-state index contributed by atoms with van der Waals surface area (Å²) in [4.78, 5) is 24.5. The number of halogens is 4. The number of sulfone groups is 1. The molecule has 2 aliphatic heterocycles. The van der Waals surface area contributed by atoms with Crippen molar-refractivity contribution in [3.63, 3.8) is 0 Å². The van der Waals surface area contributed by atoms with Crippen LogP contribution in [0.3, 0.4) is 0 Å². The molecule has 41 heavy (non-hydrogen) atoms. The summed E-state index contributed by atoms with van der Waals surface area (Å²) in [6, 6.07) is 0.806. The molecule has 0 spiro atoms. The number of nitrogens with zero attached hydrogens (tertiary/aromatic N) is 4. The zero-order chi connectivity index (χ0) is 30.7. The van der Waals surface area contributed by atoms with Crippen LogP contribution < -0.4 is 4.90 Å². The topological polar surface area (TPSA) is 102 Å². The summed E-state index contributed by atoms with van der Waals surface area (Å²) in [5.74, 6) is -0.775. The average molecular weight is 603 g/mol. The van der Waals surface area contributed by atoms with Crippen molar-refractivity contribution in [1.82, 2.24) is 14.9 Å². The maximum absolute atomic E-state index is 15.3. The van der Waals surface area contributed by atoms with Crippen LogP contribution in [0.1, 0.15) is 67.3 Å². The highest BCUT2D eigenvalue weighted by Crippen LogP contribution is 2.43. The number of alkyl halides is 3. The minimum absolute atomic E-state index is 0.0388. The average Bonchev–Trinajstić information content (AvgIpc) is 2.82. The fraction of sp³-hybridized carbons (Fsp3) is 0.593. The van der Waals surface area contributed by atoms with Crippen LogP contribution in [-0.2, 0) is 38.5 Å². The summed E-state index contributed by atoms with van der Waals surface area (Å²) in [6.45, 7) is 10.3. The van der Waals surface area contributed by atoms with Gasteiger partial charge in [-0.3, -0.25) is 0 Å². The van der Waals surface area contributed by atoms with Crippen molar-refractivity contribution in [1.29, 1.82) is 0 Å². The van der Waals surface area contributed by atoms with Crippen molar-refractivity contribution >= 4 is 21.7 Å². The second-order valence-electron chi connectivity index (χ2n) is 11.6. The largest absolute Gasteiger partial charge is 0.444 e. The number of aromatic nitrogens is 2. The molecule has 1 fully saturated rings. The molecule has 1 aromatic carbocycles. The highest BCUT2D eigenvalue weighted by atomic mass is 32.2. The Balaban J connectivity index is 1.73. The van der Waals surface area contributed by atoms with Gasteiger partial charge in [0.2, 0.25) is 15.0 Å². The van der Waals surface area contributed by atoms with Crippen LogP contribution in [0.25, 0.3) is 0 Å². The van der Waals surface area contributed by atoms with Crippen LogP contribution >= 0.6 is 0 Å². The molecule has 0 radical (unpaired) electrons. The number of benzene rings is 1. The molecule has 3 heterocycles. The van der Waals surface area contributed by atoms with Gasteiger partial charge in [-0.05, 0) is 52.7 Å². The fourth-order valence-electron chi connectivity index (χ4n) is 5.26. The van der Waals surface area contributed by atoms with Gasteiger partial charge in [-0.2, -0.15) is 13.2 Å². The molecule has 1 amide bonds. The molecule has 0 saturated carbocycles. The van der Waals surface area contributed by atoms with Crippen LogP contribution in [0.2, 0.25) is 0 Å². The van der Waals surface area contributed by atoms with Gasteiger partial charge in [-0.15, -0.1) is 0 Å². The van der Waals surface area contributed by atoms with Gasteiger partial charge >= 0.3 is 12.3 Å². The molecule has 226 valence electrons. The van der Waals surface area contributed by atoms with E-state index < -0.39 is 55.9 Å². The normalized spacial score (nSPS) is 20.2. The lowest BCUT2D eigenvalue weighted by Crippen LogP contribution is -2.55. The van der Waals surface area contributed by atoms with Crippen LogP contribution in [0.5, 0.6) is 0 Å². The molecule has 9 nitrogen and oxygen atoms in total. The molecule has 1 unspecified atom stereocenters. The van der Waals surface area contributed by atoms with E-state index in [4.69, 9.17) is 9.47 Å². The molecular formula is C27H34F4N4O5S. The Kier molecular flexibility index (Phi) is 8.06. The van der Waals surface area contributed by atoms with Crippen molar-refractivity contribution in [2.24, 2.45) is 0 Å². The van der Waals surface area contributed by atoms with Crippen LogP contribution in [0.4, 0.5) is 28.2 Å². The van der Waals surface area contributed by atoms with Gasteiger partial charge in [0.25, 0.3) is 0 Å². The van der Waals surface area contributed by atoms with Gasteiger partial charge in [-0.1, -0.05) is 6.07 Å². The minimum Gasteiger partial charge on any atom is -0.444 e. The van der Waals surface area contributed by atoms with E-state index in [0.29, 0.717) is 5.56 Å². The maximum atomic E-state index is 15.3. The van der Waals surface area contributed by atoms with Gasteiger partial charge in [0.05, 0.1) is 24.0 Å². The number of piperazine rings is 1. The summed E-state index contributed by atoms with van der Waals surface area (Å²) in [5.41, 5.74) is -1.94. The molecular weight excluding hydrogens is 568 g/mol. The number of hydrogen-bond donors (Lipinski definition) is 0. The molecule has 2 atom stereocenters.